The lowest BCUT2D eigenvalue weighted by molar-refractivity contribution is -0.144. The van der Waals surface area contributed by atoms with Crippen molar-refractivity contribution in [3.05, 3.63) is 95.4 Å². The molecule has 0 spiro atoms. The van der Waals surface area contributed by atoms with Crippen LogP contribution >= 0.6 is 0 Å². The molecular weight excluding hydrogens is 582 g/mol. The summed E-state index contributed by atoms with van der Waals surface area (Å²) in [7, 11) is -4.40. The average Bonchev–Trinajstić information content (AvgIpc) is 3.65. The van der Waals surface area contributed by atoms with Crippen LogP contribution in [-0.4, -0.2) is 57.8 Å². The maximum atomic E-state index is 13.6. The normalized spacial score (nSPS) is 13.0. The van der Waals surface area contributed by atoms with E-state index in [2.05, 4.69) is 35.5 Å². The van der Waals surface area contributed by atoms with Gasteiger partial charge in [0.25, 0.3) is 5.91 Å². The highest BCUT2D eigenvalue weighted by molar-refractivity contribution is 7.89. The summed E-state index contributed by atoms with van der Waals surface area (Å²) in [6.07, 6.45) is 4.72. The van der Waals surface area contributed by atoms with Crippen molar-refractivity contribution in [3.8, 4) is 11.1 Å². The maximum Gasteiger partial charge on any atom is 0.345 e. The van der Waals surface area contributed by atoms with E-state index >= 15 is 0 Å². The number of rotatable bonds is 12. The van der Waals surface area contributed by atoms with Gasteiger partial charge in [-0.05, 0) is 61.9 Å². The summed E-state index contributed by atoms with van der Waals surface area (Å²) < 4.78 is 29.5. The molecule has 6 N–H and O–H groups in total. The number of aryl methyl sites for hydroxylation is 3. The third-order valence-electron chi connectivity index (χ3n) is 7.27. The zero-order valence-electron chi connectivity index (χ0n) is 24.4. The number of aromatic nitrogens is 4. The lowest BCUT2D eigenvalue weighted by Crippen LogP contribution is -2.63. The molecule has 0 bridgehead atoms. The minimum atomic E-state index is -4.40. The Hall–Kier alpha value is -5.01. The number of nitrogens with zero attached hydrogens (tertiary/aromatic N) is 2. The molecule has 44 heavy (non-hydrogen) atoms. The van der Waals surface area contributed by atoms with Gasteiger partial charge >= 0.3 is 5.97 Å². The van der Waals surface area contributed by atoms with Gasteiger partial charge in [0, 0.05) is 24.3 Å². The number of aliphatic carboxylic acids is 1. The predicted molar refractivity (Wildman–Crippen MR) is 167 cm³/mol. The Labute approximate surface area is 254 Å². The molecule has 12 nitrogen and oxygen atoms in total. The highest BCUT2D eigenvalue weighted by Crippen LogP contribution is 2.29. The van der Waals surface area contributed by atoms with Crippen LogP contribution in [0.25, 0.3) is 22.0 Å². The number of sulfonamides is 1. The van der Waals surface area contributed by atoms with Crippen molar-refractivity contribution in [2.45, 2.75) is 44.2 Å². The van der Waals surface area contributed by atoms with E-state index in [0.29, 0.717) is 40.9 Å². The number of para-hydroxylation sites is 1. The van der Waals surface area contributed by atoms with Gasteiger partial charge < -0.3 is 20.7 Å². The number of carboxylic acids is 1. The summed E-state index contributed by atoms with van der Waals surface area (Å²) in [5.41, 5.74) is 1.53. The van der Waals surface area contributed by atoms with Crippen LogP contribution in [0, 0.1) is 13.8 Å². The minimum absolute atomic E-state index is 0.0549. The van der Waals surface area contributed by atoms with Crippen LogP contribution in [0.1, 0.15) is 40.5 Å². The number of carboxylic acid groups (broad SMARTS) is 1. The summed E-state index contributed by atoms with van der Waals surface area (Å²) >= 11 is 0. The second kappa shape index (κ2) is 12.3. The maximum absolute atomic E-state index is 13.6. The first-order valence-electron chi connectivity index (χ1n) is 13.9. The number of hydrogen-bond donors (Lipinski definition) is 6. The van der Waals surface area contributed by atoms with Gasteiger partial charge in [-0.2, -0.15) is 9.82 Å². The molecule has 0 fully saturated rings. The number of aromatic amines is 2. The van der Waals surface area contributed by atoms with Gasteiger partial charge in [0.15, 0.2) is 5.95 Å². The van der Waals surface area contributed by atoms with Gasteiger partial charge in [-0.3, -0.25) is 9.89 Å². The van der Waals surface area contributed by atoms with Crippen molar-refractivity contribution in [1.82, 2.24) is 30.2 Å². The van der Waals surface area contributed by atoms with Crippen LogP contribution in [0.4, 0.5) is 5.95 Å². The van der Waals surface area contributed by atoms with Gasteiger partial charge in [0.05, 0.1) is 21.7 Å². The molecule has 2 heterocycles. The molecule has 1 atom stereocenters. The van der Waals surface area contributed by atoms with Gasteiger partial charge in [-0.25, -0.2) is 18.2 Å². The molecule has 228 valence electrons. The van der Waals surface area contributed by atoms with Gasteiger partial charge in [0.2, 0.25) is 15.7 Å². The zero-order chi connectivity index (χ0) is 31.5. The van der Waals surface area contributed by atoms with E-state index in [9.17, 15) is 23.1 Å². The Morgan fingerprint density at radius 3 is 2.39 bits per heavy atom. The molecule has 13 heteroatoms. The standard InChI is InChI=1S/C31H33N7O5S/c1-19-17-22(21-9-5-4-6-10-21)18-20(2)27(19)44(42,43)38-31(3,29(40)41)35-28(39)24-12-7-11-23-25(36-37-26(23)24)13-8-14-32-30-33-15-16-34-30/h4-7,9-12,15-18,38H,8,13-14H2,1-3H3,(H,35,39)(H,36,37)(H,40,41)(H2,32,33,34). The summed E-state index contributed by atoms with van der Waals surface area (Å²) in [6, 6.07) is 18.0. The number of H-pyrrole nitrogens is 2. The fourth-order valence-electron chi connectivity index (χ4n) is 5.21. The molecule has 1 unspecified atom stereocenters. The molecule has 2 aromatic heterocycles. The molecule has 5 aromatic rings. The monoisotopic (exact) mass is 615 g/mol. The Kier molecular flexibility index (Phi) is 8.52. The van der Waals surface area contributed by atoms with E-state index in [4.69, 9.17) is 0 Å². The van der Waals surface area contributed by atoms with Gasteiger partial charge in [-0.1, -0.05) is 54.6 Å². The Morgan fingerprint density at radius 1 is 1.00 bits per heavy atom. The van der Waals surface area contributed by atoms with Crippen molar-refractivity contribution in [1.29, 1.82) is 0 Å². The third kappa shape index (κ3) is 6.33. The number of imidazole rings is 1. The molecule has 0 saturated carbocycles. The molecular formula is C31H33N7O5S. The number of hydrogen-bond acceptors (Lipinski definition) is 7. The summed E-state index contributed by atoms with van der Waals surface area (Å²) in [4.78, 5) is 32.9. The van der Waals surface area contributed by atoms with E-state index < -0.39 is 27.6 Å². The van der Waals surface area contributed by atoms with Crippen molar-refractivity contribution < 1.29 is 23.1 Å². The van der Waals surface area contributed by atoms with Crippen LogP contribution < -0.4 is 15.4 Å². The van der Waals surface area contributed by atoms with Crippen molar-refractivity contribution in [2.75, 3.05) is 11.9 Å². The van der Waals surface area contributed by atoms with E-state index in [1.54, 1.807) is 44.4 Å². The van der Waals surface area contributed by atoms with Crippen molar-refractivity contribution >= 4 is 38.8 Å². The number of nitrogens with one attached hydrogen (secondary N) is 5. The Bertz CT molecular complexity index is 1900. The highest BCUT2D eigenvalue weighted by Gasteiger charge is 2.41. The van der Waals surface area contributed by atoms with Crippen LogP contribution in [0.5, 0.6) is 0 Å². The Balaban J connectivity index is 1.35. The number of amides is 1. The lowest BCUT2D eigenvalue weighted by Gasteiger charge is -2.28. The number of carbonyl (C=O) groups excluding carboxylic acids is 1. The zero-order valence-corrected chi connectivity index (χ0v) is 25.2. The smallest absolute Gasteiger partial charge is 0.345 e. The second-order valence-corrected chi connectivity index (χ2v) is 12.3. The van der Waals surface area contributed by atoms with E-state index in [-0.39, 0.29) is 10.5 Å². The first-order chi connectivity index (χ1) is 21.0. The third-order valence-corrected chi connectivity index (χ3v) is 9.13. The van der Waals surface area contributed by atoms with E-state index in [1.165, 1.54) is 6.07 Å². The molecule has 0 radical (unpaired) electrons. The fraction of sp³-hybridized carbons (Fsp3) is 0.226. The number of anilines is 1. The Morgan fingerprint density at radius 2 is 1.73 bits per heavy atom. The van der Waals surface area contributed by atoms with Crippen LogP contribution in [0.3, 0.4) is 0 Å². The molecule has 0 aliphatic heterocycles. The van der Waals surface area contributed by atoms with E-state index in [0.717, 1.165) is 30.2 Å². The summed E-state index contributed by atoms with van der Waals surface area (Å²) in [5.74, 6) is -1.69. The number of fused-ring (bicyclic) bond motifs is 1. The van der Waals surface area contributed by atoms with Crippen LogP contribution in [0.2, 0.25) is 0 Å². The van der Waals surface area contributed by atoms with Crippen molar-refractivity contribution in [2.24, 2.45) is 0 Å². The molecule has 1 amide bonds. The number of benzene rings is 3. The summed E-state index contributed by atoms with van der Waals surface area (Å²) in [6.45, 7) is 5.04. The molecule has 5 rings (SSSR count). The summed E-state index contributed by atoms with van der Waals surface area (Å²) in [5, 5.41) is 23.6. The van der Waals surface area contributed by atoms with Crippen LogP contribution in [-0.2, 0) is 21.2 Å². The minimum Gasteiger partial charge on any atom is -0.478 e. The SMILES string of the molecule is Cc1cc(-c2ccccc2)cc(C)c1S(=O)(=O)NC(C)(NC(=O)c1cccc2c(CCCNc3ncc[nH]3)n[nH]c12)C(=O)O. The largest absolute Gasteiger partial charge is 0.478 e. The lowest BCUT2D eigenvalue weighted by atomic mass is 10.0. The molecule has 3 aromatic carbocycles. The fourth-order valence-corrected chi connectivity index (χ4v) is 6.95. The first-order valence-corrected chi connectivity index (χ1v) is 15.4. The average molecular weight is 616 g/mol. The predicted octanol–water partition coefficient (Wildman–Crippen LogP) is 4.12. The van der Waals surface area contributed by atoms with Gasteiger partial charge in [0.1, 0.15) is 0 Å². The second-order valence-electron chi connectivity index (χ2n) is 10.7. The van der Waals surface area contributed by atoms with E-state index in [1.807, 2.05) is 36.4 Å². The highest BCUT2D eigenvalue weighted by atomic mass is 32.2. The van der Waals surface area contributed by atoms with Crippen molar-refractivity contribution in [3.63, 3.8) is 0 Å². The molecule has 0 aliphatic carbocycles. The molecule has 0 aliphatic rings. The quantitative estimate of drug-likeness (QED) is 0.0895. The number of carbonyl (C=O) groups is 2. The molecule has 0 saturated heterocycles. The van der Waals surface area contributed by atoms with Crippen LogP contribution in [0.15, 0.2) is 78.0 Å². The van der Waals surface area contributed by atoms with Gasteiger partial charge in [-0.15, -0.1) is 0 Å². The topological polar surface area (TPSA) is 182 Å². The first kappa shape index (κ1) is 30.4.